The van der Waals surface area contributed by atoms with Gasteiger partial charge in [-0.3, -0.25) is 9.59 Å². The second-order valence-electron chi connectivity index (χ2n) is 9.25. The van der Waals surface area contributed by atoms with Crippen molar-refractivity contribution in [2.75, 3.05) is 26.2 Å². The molecule has 0 radical (unpaired) electrons. The number of hydrogen-bond acceptors (Lipinski definition) is 10. The number of amides is 6. The van der Waals surface area contributed by atoms with Crippen molar-refractivity contribution in [1.82, 2.24) is 39.5 Å². The first-order valence-corrected chi connectivity index (χ1v) is 13.0. The minimum absolute atomic E-state index is 0.00312. The highest BCUT2D eigenvalue weighted by Crippen LogP contribution is 2.31. The Bertz CT molecular complexity index is 1580. The van der Waals surface area contributed by atoms with E-state index in [2.05, 4.69) is 10.2 Å². The van der Waals surface area contributed by atoms with Crippen LogP contribution < -0.4 is 11.5 Å². The average molecular weight is 596 g/mol. The molecule has 4 aliphatic heterocycles. The number of hydroxylamine groups is 4. The van der Waals surface area contributed by atoms with Gasteiger partial charge in [-0.05, 0) is 12.2 Å². The van der Waals surface area contributed by atoms with Crippen LogP contribution in [-0.2, 0) is 19.0 Å². The zero-order valence-corrected chi connectivity index (χ0v) is 21.3. The number of nitrogens with zero attached hydrogens (tertiary/aromatic N) is 8. The van der Waals surface area contributed by atoms with E-state index in [1.165, 1.54) is 22.0 Å². The number of rotatable bonds is 8. The molecular formula is C20H18F2N10O8S. The molecule has 4 bridgehead atoms. The topological polar surface area (TPSA) is 222 Å². The van der Waals surface area contributed by atoms with Crippen LogP contribution in [0.15, 0.2) is 24.5 Å². The van der Waals surface area contributed by atoms with Gasteiger partial charge in [0.1, 0.15) is 12.1 Å². The van der Waals surface area contributed by atoms with Crippen molar-refractivity contribution >= 4 is 45.7 Å². The van der Waals surface area contributed by atoms with E-state index in [4.69, 9.17) is 20.0 Å². The summed E-state index contributed by atoms with van der Waals surface area (Å²) in [5.74, 6) is -4.17. The van der Waals surface area contributed by atoms with Crippen LogP contribution >= 0.6 is 0 Å². The van der Waals surface area contributed by atoms with Gasteiger partial charge in [0, 0.05) is 13.1 Å². The van der Waals surface area contributed by atoms with Gasteiger partial charge < -0.3 is 21.3 Å². The van der Waals surface area contributed by atoms with Crippen molar-refractivity contribution in [3.63, 3.8) is 0 Å². The van der Waals surface area contributed by atoms with E-state index in [9.17, 15) is 36.4 Å². The molecule has 2 aromatic heterocycles. The third-order valence-corrected chi connectivity index (χ3v) is 7.23. The van der Waals surface area contributed by atoms with Crippen molar-refractivity contribution in [2.24, 2.45) is 11.5 Å². The van der Waals surface area contributed by atoms with E-state index < -0.39 is 69.4 Å². The van der Waals surface area contributed by atoms with E-state index in [-0.39, 0.29) is 37.6 Å². The Hall–Kier alpha value is -4.89. The normalized spacial score (nSPS) is 22.0. The third kappa shape index (κ3) is 4.44. The number of carbonyl (C=O) groups is 4. The van der Waals surface area contributed by atoms with Gasteiger partial charge in [0.15, 0.2) is 23.0 Å². The van der Waals surface area contributed by atoms with Crippen LogP contribution in [0.5, 0.6) is 0 Å². The van der Waals surface area contributed by atoms with E-state index >= 15 is 0 Å². The van der Waals surface area contributed by atoms with E-state index in [0.29, 0.717) is 10.1 Å². The Balaban J connectivity index is 1.19. The molecule has 21 heteroatoms. The number of urea groups is 2. The molecule has 4 aliphatic rings. The van der Waals surface area contributed by atoms with Gasteiger partial charge in [-0.25, -0.2) is 27.7 Å². The number of halogens is 2. The monoisotopic (exact) mass is 596 g/mol. The fourth-order valence-electron chi connectivity index (χ4n) is 4.78. The Morgan fingerprint density at radius 3 is 1.54 bits per heavy atom. The minimum atomic E-state index is -5.07. The van der Waals surface area contributed by atoms with Crippen molar-refractivity contribution in [3.8, 4) is 0 Å². The summed E-state index contributed by atoms with van der Waals surface area (Å²) in [5, 5.41) is 8.52. The number of aromatic nitrogens is 4. The third-order valence-electron chi connectivity index (χ3n) is 6.55. The molecule has 41 heavy (non-hydrogen) atoms. The lowest BCUT2D eigenvalue weighted by Gasteiger charge is -2.22. The first-order chi connectivity index (χ1) is 19.3. The lowest BCUT2D eigenvalue weighted by atomic mass is 10.2. The second kappa shape index (κ2) is 9.07. The van der Waals surface area contributed by atoms with E-state index in [0.717, 1.165) is 21.8 Å². The molecule has 18 nitrogen and oxygen atoms in total. The smallest absolute Gasteiger partial charge is 0.364 e. The number of primary amides is 2. The largest absolute Gasteiger partial charge is 0.442 e. The molecule has 6 heterocycles. The number of nitrogens with two attached hydrogens (primary N) is 2. The van der Waals surface area contributed by atoms with Gasteiger partial charge >= 0.3 is 22.5 Å². The molecule has 2 atom stereocenters. The molecule has 0 spiro atoms. The molecule has 2 unspecified atom stereocenters. The molecule has 4 N–H and O–H groups in total. The molecule has 2 fully saturated rings. The van der Waals surface area contributed by atoms with Crippen LogP contribution in [0.3, 0.4) is 0 Å². The standard InChI is InChI=1S/C20H18F2N10O8S/c21-13-7-29(25-15(13)17(23)33)9-1-11-5-27(3-9)19(35)31(11)39-41(37,38)40-32-12-2-10(4-28(6-12)20(32)36)30-8-14(22)16(26-30)18(24)34/h1-2,7-8,11-12H,3-6H2,(H2,23,33)(H2,24,34). The minimum Gasteiger partial charge on any atom is -0.364 e. The maximum atomic E-state index is 14.0. The SMILES string of the molecule is NC(=O)c1nn(C2=CC3CN(C2)C(=O)N3OS(=O)(=O)ON2C(=O)N3CC(n4cc(F)c(C(N)=O)n4)=CC2C3)cc1F. The summed E-state index contributed by atoms with van der Waals surface area (Å²) in [6.45, 7) is -0.251. The van der Waals surface area contributed by atoms with Gasteiger partial charge in [-0.1, -0.05) is 0 Å². The van der Waals surface area contributed by atoms with Crippen molar-refractivity contribution in [3.05, 3.63) is 47.6 Å². The lowest BCUT2D eigenvalue weighted by molar-refractivity contribution is -0.0723. The maximum absolute atomic E-state index is 14.0. The van der Waals surface area contributed by atoms with E-state index in [1.54, 1.807) is 0 Å². The highest BCUT2D eigenvalue weighted by Gasteiger charge is 2.47. The van der Waals surface area contributed by atoms with Crippen molar-refractivity contribution in [2.45, 2.75) is 12.1 Å². The van der Waals surface area contributed by atoms with Gasteiger partial charge in [-0.15, -0.1) is 8.57 Å². The average Bonchev–Trinajstić information content (AvgIpc) is 3.61. The molecule has 0 saturated carbocycles. The molecule has 0 aromatic carbocycles. The zero-order chi connectivity index (χ0) is 29.4. The molecule has 0 aliphatic carbocycles. The Morgan fingerprint density at radius 2 is 1.20 bits per heavy atom. The van der Waals surface area contributed by atoms with Crippen LogP contribution in [0, 0.1) is 11.6 Å². The Labute approximate surface area is 227 Å². The van der Waals surface area contributed by atoms with Crippen LogP contribution in [-0.4, -0.2) is 110 Å². The van der Waals surface area contributed by atoms with Gasteiger partial charge in [0.2, 0.25) is 0 Å². The quantitative estimate of drug-likeness (QED) is 0.351. The van der Waals surface area contributed by atoms with Crippen LogP contribution in [0.4, 0.5) is 18.4 Å². The molecular weight excluding hydrogens is 578 g/mol. The summed E-state index contributed by atoms with van der Waals surface area (Å²) in [6, 6.07) is -3.74. The van der Waals surface area contributed by atoms with Crippen LogP contribution in [0.1, 0.15) is 21.0 Å². The van der Waals surface area contributed by atoms with Crippen LogP contribution in [0.25, 0.3) is 11.4 Å². The fourth-order valence-corrected chi connectivity index (χ4v) is 5.55. The summed E-state index contributed by atoms with van der Waals surface area (Å²) in [4.78, 5) is 50.6. The van der Waals surface area contributed by atoms with Crippen molar-refractivity contribution < 1.29 is 44.9 Å². The molecule has 2 saturated heterocycles. The lowest BCUT2D eigenvalue weighted by Crippen LogP contribution is -2.40. The first kappa shape index (κ1) is 26.3. The Morgan fingerprint density at radius 1 is 0.805 bits per heavy atom. The van der Waals surface area contributed by atoms with Gasteiger partial charge in [0.25, 0.3) is 11.8 Å². The fraction of sp³-hybridized carbons (Fsp3) is 0.300. The van der Waals surface area contributed by atoms with E-state index in [1.807, 2.05) is 0 Å². The van der Waals surface area contributed by atoms with Crippen molar-refractivity contribution in [1.29, 1.82) is 0 Å². The summed E-state index contributed by atoms with van der Waals surface area (Å²) in [6.07, 6.45) is 4.53. The Kier molecular flexibility index (Phi) is 5.83. The highest BCUT2D eigenvalue weighted by molar-refractivity contribution is 7.81. The molecule has 216 valence electrons. The summed E-state index contributed by atoms with van der Waals surface area (Å²) in [7, 11) is -5.07. The van der Waals surface area contributed by atoms with Gasteiger partial charge in [-0.2, -0.15) is 28.7 Å². The molecule has 6 amide bonds. The molecule has 2 aromatic rings. The maximum Gasteiger partial charge on any atom is 0.442 e. The van der Waals surface area contributed by atoms with Gasteiger partial charge in [0.05, 0.1) is 36.9 Å². The molecule has 6 rings (SSSR count). The number of fused-ring (bicyclic) bond motifs is 4. The predicted molar refractivity (Wildman–Crippen MR) is 126 cm³/mol. The first-order valence-electron chi connectivity index (χ1n) is 11.6. The zero-order valence-electron chi connectivity index (χ0n) is 20.5. The van der Waals surface area contributed by atoms with Crippen LogP contribution in [0.2, 0.25) is 0 Å². The highest BCUT2D eigenvalue weighted by atomic mass is 32.3. The summed E-state index contributed by atoms with van der Waals surface area (Å²) < 4.78 is 65.4. The second-order valence-corrected chi connectivity index (χ2v) is 10.4. The predicted octanol–water partition coefficient (Wildman–Crippen LogP) is -1.71. The summed E-state index contributed by atoms with van der Waals surface area (Å²) >= 11 is 0. The number of carbonyl (C=O) groups excluding carboxylic acids is 4. The summed E-state index contributed by atoms with van der Waals surface area (Å²) in [5.41, 5.74) is 9.39. The number of hydrogen-bond donors (Lipinski definition) is 2.